The lowest BCUT2D eigenvalue weighted by atomic mass is 10.1. The number of hydrogen-bond donors (Lipinski definition) is 1. The fourth-order valence-corrected chi connectivity index (χ4v) is 4.29. The van der Waals surface area contributed by atoms with Gasteiger partial charge in [0.15, 0.2) is 17.8 Å². The first kappa shape index (κ1) is 21.0. The number of anilines is 2. The number of nitrogens with zero attached hydrogens (tertiary/aromatic N) is 3. The molecular formula is C21H21FN4O4S. The number of sulfonamides is 1. The Labute approximate surface area is 179 Å². The van der Waals surface area contributed by atoms with Crippen LogP contribution in [0.3, 0.4) is 0 Å². The third kappa shape index (κ3) is 4.75. The molecular weight excluding hydrogens is 423 g/mol. The molecule has 1 aromatic heterocycles. The molecule has 1 fully saturated rings. The van der Waals surface area contributed by atoms with Gasteiger partial charge < -0.3 is 14.6 Å². The summed E-state index contributed by atoms with van der Waals surface area (Å²) in [6.45, 7) is 2.06. The maximum atomic E-state index is 13.5. The second kappa shape index (κ2) is 8.48. The molecule has 0 bridgehead atoms. The maximum Gasteiger partial charge on any atom is 0.278 e. The van der Waals surface area contributed by atoms with Crippen molar-refractivity contribution in [3.63, 3.8) is 0 Å². The second-order valence-electron chi connectivity index (χ2n) is 7.19. The highest BCUT2D eigenvalue weighted by Gasteiger charge is 2.23. The zero-order chi connectivity index (χ0) is 22.0. The van der Waals surface area contributed by atoms with Crippen LogP contribution in [0.25, 0.3) is 11.3 Å². The van der Waals surface area contributed by atoms with E-state index in [2.05, 4.69) is 15.2 Å². The third-order valence-corrected chi connectivity index (χ3v) is 6.37. The summed E-state index contributed by atoms with van der Waals surface area (Å²) in [5.74, 6) is -0.715. The average Bonchev–Trinajstić information content (AvgIpc) is 3.24. The van der Waals surface area contributed by atoms with Gasteiger partial charge in [0.2, 0.25) is 10.0 Å². The fraction of sp³-hybridized carbons (Fsp3) is 0.238. The minimum Gasteiger partial charge on any atom is -0.443 e. The lowest BCUT2D eigenvalue weighted by Crippen LogP contribution is -2.48. The van der Waals surface area contributed by atoms with E-state index in [0.717, 1.165) is 12.1 Å². The van der Waals surface area contributed by atoms with Gasteiger partial charge in [0.05, 0.1) is 6.26 Å². The summed E-state index contributed by atoms with van der Waals surface area (Å²) in [6, 6.07) is 13.0. The van der Waals surface area contributed by atoms with E-state index < -0.39 is 21.7 Å². The normalized spacial score (nSPS) is 15.1. The minimum absolute atomic E-state index is 0.0616. The van der Waals surface area contributed by atoms with Gasteiger partial charge in [0, 0.05) is 43.1 Å². The summed E-state index contributed by atoms with van der Waals surface area (Å²) >= 11 is 0. The van der Waals surface area contributed by atoms with Gasteiger partial charge in [-0.15, -0.1) is 0 Å². The molecule has 3 aromatic rings. The Balaban J connectivity index is 1.42. The number of piperazine rings is 1. The summed E-state index contributed by atoms with van der Waals surface area (Å²) in [7, 11) is -3.17. The summed E-state index contributed by atoms with van der Waals surface area (Å²) in [5, 5.41) is 2.76. The summed E-state index contributed by atoms with van der Waals surface area (Å²) in [5.41, 5.74) is 1.99. The molecule has 0 atom stereocenters. The largest absolute Gasteiger partial charge is 0.443 e. The number of carbonyl (C=O) groups excluding carboxylic acids is 1. The summed E-state index contributed by atoms with van der Waals surface area (Å²) in [6.07, 6.45) is 2.36. The predicted molar refractivity (Wildman–Crippen MR) is 115 cm³/mol. The molecule has 2 heterocycles. The van der Waals surface area contributed by atoms with Crippen LogP contribution >= 0.6 is 0 Å². The maximum absolute atomic E-state index is 13.5. The Bertz CT molecular complexity index is 1190. The lowest BCUT2D eigenvalue weighted by molar-refractivity contribution is 0.102. The first-order valence-electron chi connectivity index (χ1n) is 9.62. The van der Waals surface area contributed by atoms with Crippen molar-refractivity contribution >= 4 is 27.3 Å². The molecule has 4 rings (SSSR count). The van der Waals surface area contributed by atoms with E-state index in [4.69, 9.17) is 4.42 Å². The van der Waals surface area contributed by atoms with Crippen molar-refractivity contribution in [1.82, 2.24) is 9.29 Å². The molecule has 1 N–H and O–H groups in total. The van der Waals surface area contributed by atoms with Gasteiger partial charge in [0.1, 0.15) is 5.82 Å². The van der Waals surface area contributed by atoms with Crippen molar-refractivity contribution < 1.29 is 22.0 Å². The van der Waals surface area contributed by atoms with E-state index in [0.29, 0.717) is 37.4 Å². The van der Waals surface area contributed by atoms with Crippen molar-refractivity contribution in [3.8, 4) is 11.3 Å². The summed E-state index contributed by atoms with van der Waals surface area (Å²) in [4.78, 5) is 18.7. The molecule has 8 nitrogen and oxygen atoms in total. The number of hydrogen-bond acceptors (Lipinski definition) is 6. The second-order valence-corrected chi connectivity index (χ2v) is 9.17. The molecule has 0 aliphatic carbocycles. The van der Waals surface area contributed by atoms with Crippen LogP contribution in [-0.4, -0.2) is 56.0 Å². The van der Waals surface area contributed by atoms with Crippen molar-refractivity contribution in [1.29, 1.82) is 0 Å². The SMILES string of the molecule is CS(=O)(=O)N1CCN(c2ccc(NC(=O)c3ncoc3-c3cccc(F)c3)cc2)CC1. The minimum atomic E-state index is -3.17. The Kier molecular flexibility index (Phi) is 5.75. The molecule has 2 aromatic carbocycles. The van der Waals surface area contributed by atoms with Crippen molar-refractivity contribution in [2.24, 2.45) is 0 Å². The standard InChI is InChI=1S/C21H21FN4O4S/c1-31(28,29)26-11-9-25(10-12-26)18-7-5-17(6-8-18)24-21(27)19-20(30-14-23-19)15-3-2-4-16(22)13-15/h2-8,13-14H,9-12H2,1H3,(H,24,27). The Morgan fingerprint density at radius 3 is 2.45 bits per heavy atom. The number of nitrogens with one attached hydrogen (secondary N) is 1. The Hall–Kier alpha value is -3.24. The average molecular weight is 444 g/mol. The topological polar surface area (TPSA) is 95.8 Å². The van der Waals surface area contributed by atoms with E-state index in [1.165, 1.54) is 28.8 Å². The number of carbonyl (C=O) groups is 1. The van der Waals surface area contributed by atoms with Gasteiger partial charge in [-0.25, -0.2) is 17.8 Å². The van der Waals surface area contributed by atoms with Gasteiger partial charge in [-0.05, 0) is 36.4 Å². The molecule has 1 saturated heterocycles. The molecule has 31 heavy (non-hydrogen) atoms. The van der Waals surface area contributed by atoms with Crippen molar-refractivity contribution in [3.05, 3.63) is 66.4 Å². The molecule has 0 radical (unpaired) electrons. The van der Waals surface area contributed by atoms with Crippen LogP contribution in [0.5, 0.6) is 0 Å². The smallest absolute Gasteiger partial charge is 0.278 e. The van der Waals surface area contributed by atoms with E-state index >= 15 is 0 Å². The van der Waals surface area contributed by atoms with Crippen LogP contribution in [0.4, 0.5) is 15.8 Å². The zero-order valence-electron chi connectivity index (χ0n) is 16.8. The van der Waals surface area contributed by atoms with E-state index in [-0.39, 0.29) is 11.5 Å². The third-order valence-electron chi connectivity index (χ3n) is 5.07. The van der Waals surface area contributed by atoms with Crippen molar-refractivity contribution in [2.45, 2.75) is 0 Å². The van der Waals surface area contributed by atoms with Crippen LogP contribution in [0.15, 0.2) is 59.3 Å². The van der Waals surface area contributed by atoms with Crippen LogP contribution in [0, 0.1) is 5.82 Å². The van der Waals surface area contributed by atoms with Gasteiger partial charge in [0.25, 0.3) is 5.91 Å². The number of oxazole rings is 1. The van der Waals surface area contributed by atoms with Gasteiger partial charge in [-0.1, -0.05) is 12.1 Å². The number of rotatable bonds is 5. The Morgan fingerprint density at radius 1 is 1.10 bits per heavy atom. The fourth-order valence-electron chi connectivity index (χ4n) is 3.47. The van der Waals surface area contributed by atoms with Crippen LogP contribution < -0.4 is 10.2 Å². The first-order valence-corrected chi connectivity index (χ1v) is 11.5. The van der Waals surface area contributed by atoms with Crippen molar-refractivity contribution in [2.75, 3.05) is 42.7 Å². The highest BCUT2D eigenvalue weighted by Crippen LogP contribution is 2.25. The molecule has 10 heteroatoms. The first-order chi connectivity index (χ1) is 14.8. The monoisotopic (exact) mass is 444 g/mol. The molecule has 1 amide bonds. The van der Waals surface area contributed by atoms with E-state index in [1.54, 1.807) is 18.2 Å². The molecule has 162 valence electrons. The highest BCUT2D eigenvalue weighted by atomic mass is 32.2. The number of amides is 1. The molecule has 0 unspecified atom stereocenters. The van der Waals surface area contributed by atoms with Gasteiger partial charge in [-0.2, -0.15) is 4.31 Å². The summed E-state index contributed by atoms with van der Waals surface area (Å²) < 4.78 is 43.6. The highest BCUT2D eigenvalue weighted by molar-refractivity contribution is 7.88. The number of halogens is 1. The number of benzene rings is 2. The molecule has 0 saturated carbocycles. The number of aromatic nitrogens is 1. The Morgan fingerprint density at radius 2 is 1.81 bits per heavy atom. The molecule has 1 aliphatic heterocycles. The quantitative estimate of drug-likeness (QED) is 0.650. The van der Waals surface area contributed by atoms with Gasteiger partial charge in [-0.3, -0.25) is 4.79 Å². The molecule has 0 spiro atoms. The van der Waals surface area contributed by atoms with Crippen LogP contribution in [0.2, 0.25) is 0 Å². The lowest BCUT2D eigenvalue weighted by Gasteiger charge is -2.34. The van der Waals surface area contributed by atoms with E-state index in [1.807, 2.05) is 12.1 Å². The van der Waals surface area contributed by atoms with Crippen LogP contribution in [-0.2, 0) is 10.0 Å². The van der Waals surface area contributed by atoms with E-state index in [9.17, 15) is 17.6 Å². The van der Waals surface area contributed by atoms with Crippen LogP contribution in [0.1, 0.15) is 10.5 Å². The zero-order valence-corrected chi connectivity index (χ0v) is 17.6. The molecule has 1 aliphatic rings. The predicted octanol–water partition coefficient (Wildman–Crippen LogP) is 2.81. The van der Waals surface area contributed by atoms with Gasteiger partial charge >= 0.3 is 0 Å².